The van der Waals surface area contributed by atoms with Crippen LogP contribution in [-0.2, 0) is 10.3 Å². The summed E-state index contributed by atoms with van der Waals surface area (Å²) in [5.74, 6) is -57.2. The minimum absolute atomic E-state index is 0.139. The van der Waals surface area contributed by atoms with Gasteiger partial charge in [-0.3, -0.25) is 0 Å². The largest absolute Gasteiger partial charge is 0.493 e. The summed E-state index contributed by atoms with van der Waals surface area (Å²) in [4.78, 5) is 0. The van der Waals surface area contributed by atoms with E-state index in [0.717, 1.165) is 18.2 Å². The third-order valence-corrected chi connectivity index (χ3v) is 5.72. The maximum atomic E-state index is 14.6. The Morgan fingerprint density at radius 3 is 1.40 bits per heavy atom. The number of alkyl halides is 17. The third kappa shape index (κ3) is 5.26. The molecule has 0 bridgehead atoms. The van der Waals surface area contributed by atoms with E-state index in [1.165, 1.54) is 6.07 Å². The molecule has 1 aromatic carbocycles. The molecule has 0 saturated heterocycles. The fraction of sp³-hybridized carbons (Fsp3) is 0.714. The average molecular weight is 626 g/mol. The second kappa shape index (κ2) is 10.6. The number of rotatable bonds is 13. The smallest absolute Gasteiger partial charge is 0.460 e. The highest BCUT2D eigenvalue weighted by molar-refractivity contribution is 5.38. The Labute approximate surface area is 214 Å². The first-order valence-electron chi connectivity index (χ1n) is 10.6. The normalized spacial score (nSPS) is 16.6. The molecule has 0 saturated carbocycles. The Morgan fingerprint density at radius 2 is 1.00 bits per heavy atom. The molecule has 40 heavy (non-hydrogen) atoms. The molecular formula is C21H19F17O2. The maximum absolute atomic E-state index is 14.6. The highest BCUT2D eigenvalue weighted by Crippen LogP contribution is 2.64. The van der Waals surface area contributed by atoms with Crippen molar-refractivity contribution in [2.24, 2.45) is 0 Å². The van der Waals surface area contributed by atoms with E-state index in [2.05, 4.69) is 4.74 Å². The van der Waals surface area contributed by atoms with Gasteiger partial charge in [-0.05, 0) is 19.4 Å². The summed E-state index contributed by atoms with van der Waals surface area (Å²) in [6, 6.07) is 4.19. The Hall–Kier alpha value is -2.21. The topological polar surface area (TPSA) is 18.5 Å². The van der Waals surface area contributed by atoms with Gasteiger partial charge >= 0.3 is 47.6 Å². The van der Waals surface area contributed by atoms with Crippen LogP contribution in [0.3, 0.4) is 0 Å². The lowest BCUT2D eigenvalue weighted by atomic mass is 9.83. The van der Waals surface area contributed by atoms with Crippen molar-refractivity contribution in [3.63, 3.8) is 0 Å². The van der Waals surface area contributed by atoms with Crippen molar-refractivity contribution < 1.29 is 84.1 Å². The lowest BCUT2D eigenvalue weighted by molar-refractivity contribution is -0.462. The molecule has 1 unspecified atom stereocenters. The molecule has 234 valence electrons. The quantitative estimate of drug-likeness (QED) is 0.204. The standard InChI is InChI=1S/C21H19F17O2/c1-4-9-40-12-8-6-5-7-11(12)13(2,39-3)10-14(22,23)15(24,25)16(26,27)17(28,29)18(30,31)19(32,33)20(34,35)21(36,37)38/h5-8H,4,9-10H2,1-3H3. The van der Waals surface area contributed by atoms with Crippen molar-refractivity contribution in [1.29, 1.82) is 0 Å². The Bertz CT molecular complexity index is 1020. The Balaban J connectivity index is 3.69. The number of benzene rings is 1. The molecule has 1 rings (SSSR count). The van der Waals surface area contributed by atoms with E-state index < -0.39 is 65.2 Å². The van der Waals surface area contributed by atoms with Crippen molar-refractivity contribution in [3.8, 4) is 5.75 Å². The molecule has 1 atom stereocenters. The first-order chi connectivity index (χ1) is 17.6. The zero-order valence-electron chi connectivity index (χ0n) is 20.2. The van der Waals surface area contributed by atoms with Gasteiger partial charge < -0.3 is 9.47 Å². The van der Waals surface area contributed by atoms with Gasteiger partial charge in [-0.25, -0.2) is 0 Å². The summed E-state index contributed by atoms with van der Waals surface area (Å²) in [5.41, 5.74) is -3.49. The zero-order valence-corrected chi connectivity index (χ0v) is 20.2. The molecule has 0 N–H and O–H groups in total. The lowest BCUT2D eigenvalue weighted by Crippen LogP contribution is -2.74. The first-order valence-corrected chi connectivity index (χ1v) is 10.6. The minimum Gasteiger partial charge on any atom is -0.493 e. The van der Waals surface area contributed by atoms with E-state index in [9.17, 15) is 74.6 Å². The zero-order chi connectivity index (χ0) is 32.0. The molecule has 0 spiro atoms. The molecule has 0 aliphatic rings. The third-order valence-electron chi connectivity index (χ3n) is 5.72. The van der Waals surface area contributed by atoms with Gasteiger partial charge in [0.05, 0.1) is 18.6 Å². The monoisotopic (exact) mass is 626 g/mol. The molecule has 19 heteroatoms. The molecule has 0 amide bonds. The molecule has 1 aromatic rings. The number of hydrogen-bond acceptors (Lipinski definition) is 2. The average Bonchev–Trinajstić information content (AvgIpc) is 2.81. The van der Waals surface area contributed by atoms with Crippen LogP contribution >= 0.6 is 0 Å². The van der Waals surface area contributed by atoms with Crippen LogP contribution in [0.15, 0.2) is 24.3 Å². The van der Waals surface area contributed by atoms with Gasteiger partial charge in [0, 0.05) is 12.7 Å². The van der Waals surface area contributed by atoms with Crippen molar-refractivity contribution in [1.82, 2.24) is 0 Å². The number of halogens is 17. The van der Waals surface area contributed by atoms with Gasteiger partial charge in [0.2, 0.25) is 0 Å². The maximum Gasteiger partial charge on any atom is 0.460 e. The number of ether oxygens (including phenoxy) is 2. The predicted octanol–water partition coefficient (Wildman–Crippen LogP) is 8.74. The van der Waals surface area contributed by atoms with Crippen LogP contribution in [0.5, 0.6) is 5.75 Å². The molecule has 0 aromatic heterocycles. The molecule has 2 nitrogen and oxygen atoms in total. The van der Waals surface area contributed by atoms with Crippen LogP contribution in [0.1, 0.15) is 32.3 Å². The minimum atomic E-state index is -8.67. The van der Waals surface area contributed by atoms with Crippen molar-refractivity contribution >= 4 is 0 Å². The Morgan fingerprint density at radius 1 is 0.600 bits per heavy atom. The van der Waals surface area contributed by atoms with Crippen LogP contribution in [0.25, 0.3) is 0 Å². The van der Waals surface area contributed by atoms with E-state index in [1.54, 1.807) is 6.92 Å². The molecule has 0 aliphatic carbocycles. The van der Waals surface area contributed by atoms with Crippen molar-refractivity contribution in [3.05, 3.63) is 29.8 Å². The van der Waals surface area contributed by atoms with E-state index in [0.29, 0.717) is 14.0 Å². The van der Waals surface area contributed by atoms with Crippen molar-refractivity contribution in [2.45, 2.75) is 79.9 Å². The number of methoxy groups -OCH3 is 1. The predicted molar refractivity (Wildman–Crippen MR) is 102 cm³/mol. The number of para-hydroxylation sites is 1. The van der Waals surface area contributed by atoms with E-state index >= 15 is 0 Å². The summed E-state index contributed by atoms with van der Waals surface area (Å²) < 4.78 is 240. The van der Waals surface area contributed by atoms with Crippen LogP contribution in [-0.4, -0.2) is 61.4 Å². The molecule has 0 fully saturated rings. The highest BCUT2D eigenvalue weighted by atomic mass is 19.4. The van der Waals surface area contributed by atoms with Gasteiger partial charge in [-0.2, -0.15) is 74.6 Å². The Kier molecular flexibility index (Phi) is 9.46. The first kappa shape index (κ1) is 35.8. The van der Waals surface area contributed by atoms with Crippen molar-refractivity contribution in [2.75, 3.05) is 13.7 Å². The lowest BCUT2D eigenvalue weighted by Gasteiger charge is -2.44. The van der Waals surface area contributed by atoms with Crippen LogP contribution in [0.4, 0.5) is 74.6 Å². The summed E-state index contributed by atoms with van der Waals surface area (Å²) in [6.07, 6.45) is -10.3. The van der Waals surface area contributed by atoms with Crippen LogP contribution < -0.4 is 4.74 Å². The van der Waals surface area contributed by atoms with Crippen LogP contribution in [0, 0.1) is 0 Å². The van der Waals surface area contributed by atoms with Gasteiger partial charge in [0.25, 0.3) is 0 Å². The molecular weight excluding hydrogens is 607 g/mol. The van der Waals surface area contributed by atoms with Gasteiger partial charge in [-0.1, -0.05) is 25.1 Å². The summed E-state index contributed by atoms with van der Waals surface area (Å²) >= 11 is 0. The SMILES string of the molecule is CCCOc1ccccc1C(C)(CC(F)(F)C(F)(F)C(F)(F)C(F)(F)C(F)(F)C(F)(F)C(F)(F)C(F)(F)F)OC. The van der Waals surface area contributed by atoms with Gasteiger partial charge in [-0.15, -0.1) is 0 Å². The summed E-state index contributed by atoms with van der Waals surface area (Å²) in [7, 11) is 0.533. The molecule has 0 aliphatic heterocycles. The molecule has 0 radical (unpaired) electrons. The van der Waals surface area contributed by atoms with Gasteiger partial charge in [0.1, 0.15) is 5.75 Å². The fourth-order valence-electron chi connectivity index (χ4n) is 3.25. The summed E-state index contributed by atoms with van der Waals surface area (Å²) in [6.45, 7) is 1.92. The second-order valence-electron chi connectivity index (χ2n) is 8.60. The number of hydrogen-bond donors (Lipinski definition) is 0. The summed E-state index contributed by atoms with van der Waals surface area (Å²) in [5, 5.41) is 0. The fourth-order valence-corrected chi connectivity index (χ4v) is 3.25. The van der Waals surface area contributed by atoms with Crippen LogP contribution in [0.2, 0.25) is 0 Å². The van der Waals surface area contributed by atoms with E-state index in [4.69, 9.17) is 4.74 Å². The van der Waals surface area contributed by atoms with E-state index in [1.807, 2.05) is 0 Å². The second-order valence-corrected chi connectivity index (χ2v) is 8.60. The highest BCUT2D eigenvalue weighted by Gasteiger charge is 2.95. The van der Waals surface area contributed by atoms with E-state index in [-0.39, 0.29) is 18.8 Å². The molecule has 0 heterocycles. The van der Waals surface area contributed by atoms with Gasteiger partial charge in [0.15, 0.2) is 0 Å².